The molecule has 2 heterocycles. The number of carbonyl (C=O) groups excluding carboxylic acids is 1. The predicted molar refractivity (Wildman–Crippen MR) is 152 cm³/mol. The maximum absolute atomic E-state index is 12.6. The summed E-state index contributed by atoms with van der Waals surface area (Å²) in [5.74, 6) is 0.425. The molecule has 0 unspecified atom stereocenters. The van der Waals surface area contributed by atoms with E-state index in [9.17, 15) is 15.3 Å². The van der Waals surface area contributed by atoms with Gasteiger partial charge in [-0.2, -0.15) is 10.5 Å². The molecule has 1 N–H and O–H groups in total. The minimum absolute atomic E-state index is 0.208. The number of rotatable bonds is 7. The Bertz CT molecular complexity index is 1470. The second-order valence-electron chi connectivity index (χ2n) is 11.0. The van der Waals surface area contributed by atoms with E-state index < -0.39 is 17.2 Å². The number of nitriles is 2. The van der Waals surface area contributed by atoms with E-state index in [1.807, 2.05) is 74.7 Å². The van der Waals surface area contributed by atoms with Gasteiger partial charge < -0.3 is 19.7 Å². The van der Waals surface area contributed by atoms with E-state index in [4.69, 9.17) is 9.47 Å². The molecule has 204 valence electrons. The van der Waals surface area contributed by atoms with Gasteiger partial charge in [0.15, 0.2) is 0 Å². The highest BCUT2D eigenvalue weighted by molar-refractivity contribution is 7.98. The van der Waals surface area contributed by atoms with Crippen molar-refractivity contribution >= 4 is 29.2 Å². The van der Waals surface area contributed by atoms with Gasteiger partial charge in [-0.3, -0.25) is 4.40 Å². The largest absolute Gasteiger partial charge is 0.490 e. The van der Waals surface area contributed by atoms with E-state index in [1.165, 1.54) is 11.8 Å². The van der Waals surface area contributed by atoms with Crippen LogP contribution < -0.4 is 15.0 Å². The number of nitrogens with zero attached hydrogens (tertiary/aromatic N) is 5. The molecule has 1 aliphatic carbocycles. The monoisotopic (exact) mass is 546 g/mol. The fourth-order valence-electron chi connectivity index (χ4n) is 4.95. The van der Waals surface area contributed by atoms with Crippen LogP contribution in [0.1, 0.15) is 57.7 Å². The first-order valence-electron chi connectivity index (χ1n) is 12.9. The average molecular weight is 547 g/mol. The summed E-state index contributed by atoms with van der Waals surface area (Å²) in [7, 11) is 3.78. The summed E-state index contributed by atoms with van der Waals surface area (Å²) in [6.45, 7) is 5.70. The third-order valence-electron chi connectivity index (χ3n) is 6.76. The second kappa shape index (κ2) is 11.1. The van der Waals surface area contributed by atoms with Crippen molar-refractivity contribution in [3.8, 4) is 29.1 Å². The van der Waals surface area contributed by atoms with E-state index in [-0.39, 0.29) is 6.61 Å². The number of fused-ring (bicyclic) bond motifs is 1. The zero-order valence-electron chi connectivity index (χ0n) is 23.3. The molecule has 4 rings (SSSR count). The second-order valence-corrected chi connectivity index (χ2v) is 11.8. The van der Waals surface area contributed by atoms with Gasteiger partial charge in [-0.25, -0.2) is 9.78 Å². The highest BCUT2D eigenvalue weighted by Crippen LogP contribution is 2.38. The molecule has 2 aromatic heterocycles. The van der Waals surface area contributed by atoms with Crippen LogP contribution in [0.4, 0.5) is 10.5 Å². The number of alkyl carbamates (subject to hydrolysis) is 1. The van der Waals surface area contributed by atoms with Gasteiger partial charge in [-0.15, -0.1) is 11.8 Å². The van der Waals surface area contributed by atoms with Crippen molar-refractivity contribution < 1.29 is 14.3 Å². The Hall–Kier alpha value is -3.89. The molecular formula is C29H34N6O3S. The molecule has 1 fully saturated rings. The minimum atomic E-state index is -0.608. The van der Waals surface area contributed by atoms with E-state index in [1.54, 1.807) is 6.20 Å². The Morgan fingerprint density at radius 3 is 2.51 bits per heavy atom. The van der Waals surface area contributed by atoms with E-state index in [0.29, 0.717) is 22.7 Å². The first kappa shape index (κ1) is 28.1. The summed E-state index contributed by atoms with van der Waals surface area (Å²) in [5.41, 5.74) is 2.62. The van der Waals surface area contributed by atoms with Crippen molar-refractivity contribution in [2.24, 2.45) is 0 Å². The highest BCUT2D eigenvalue weighted by Gasteiger charge is 2.38. The van der Waals surface area contributed by atoms with Crippen LogP contribution in [0.15, 0.2) is 35.4 Å². The zero-order chi connectivity index (χ0) is 28.4. The summed E-state index contributed by atoms with van der Waals surface area (Å²) in [6.07, 6.45) is 6.61. The number of amides is 1. The first-order chi connectivity index (χ1) is 18.5. The Morgan fingerprint density at radius 1 is 1.21 bits per heavy atom. The number of ether oxygens (including phenoxy) is 2. The van der Waals surface area contributed by atoms with Crippen LogP contribution in [0.25, 0.3) is 16.9 Å². The van der Waals surface area contributed by atoms with Gasteiger partial charge in [0.05, 0.1) is 23.1 Å². The summed E-state index contributed by atoms with van der Waals surface area (Å²) in [6, 6.07) is 12.1. The van der Waals surface area contributed by atoms with Gasteiger partial charge in [0.1, 0.15) is 47.0 Å². The van der Waals surface area contributed by atoms with Gasteiger partial charge in [0.25, 0.3) is 0 Å². The summed E-state index contributed by atoms with van der Waals surface area (Å²) in [4.78, 5) is 19.8. The summed E-state index contributed by atoms with van der Waals surface area (Å²) in [5, 5.41) is 23.1. The normalized spacial score (nSPS) is 14.5. The van der Waals surface area contributed by atoms with E-state index >= 15 is 0 Å². The third kappa shape index (κ3) is 5.91. The van der Waals surface area contributed by atoms with Crippen molar-refractivity contribution in [1.82, 2.24) is 14.7 Å². The zero-order valence-corrected chi connectivity index (χ0v) is 24.1. The molecule has 0 saturated heterocycles. The van der Waals surface area contributed by atoms with Crippen molar-refractivity contribution in [2.75, 3.05) is 31.9 Å². The van der Waals surface area contributed by atoms with Crippen LogP contribution in [0.2, 0.25) is 0 Å². The number of aromatic nitrogens is 2. The Kier molecular flexibility index (Phi) is 7.99. The van der Waals surface area contributed by atoms with Gasteiger partial charge in [0.2, 0.25) is 0 Å². The number of thioether (sulfide) groups is 1. The molecule has 1 aromatic carbocycles. The number of carbonyl (C=O) groups is 1. The van der Waals surface area contributed by atoms with Gasteiger partial charge in [-0.05, 0) is 64.1 Å². The molecule has 9 nitrogen and oxygen atoms in total. The topological polar surface area (TPSA) is 116 Å². The molecule has 10 heteroatoms. The first-order valence-corrected chi connectivity index (χ1v) is 14.1. The number of hydrogen-bond donors (Lipinski definition) is 1. The summed E-state index contributed by atoms with van der Waals surface area (Å²) >= 11 is 1.45. The van der Waals surface area contributed by atoms with Crippen molar-refractivity contribution in [1.29, 1.82) is 10.5 Å². The SMILES string of the molecule is CSc1cc(-c2cnc3ccc(N(C)C)c(C#N)n23)cc(OCC2(NC(=O)OC(C)(C)C)CCCC2)c1C#N. The quantitative estimate of drug-likeness (QED) is 0.373. The molecule has 39 heavy (non-hydrogen) atoms. The molecule has 0 spiro atoms. The van der Waals surface area contributed by atoms with Crippen LogP contribution in [0.3, 0.4) is 0 Å². The van der Waals surface area contributed by atoms with Crippen LogP contribution in [-0.2, 0) is 4.74 Å². The molecule has 0 aliphatic heterocycles. The van der Waals surface area contributed by atoms with E-state index in [0.717, 1.165) is 47.5 Å². The molecule has 3 aromatic rings. The molecule has 0 bridgehead atoms. The van der Waals surface area contributed by atoms with Crippen molar-refractivity contribution in [3.63, 3.8) is 0 Å². The van der Waals surface area contributed by atoms with Gasteiger partial charge in [-0.1, -0.05) is 12.8 Å². The maximum atomic E-state index is 12.6. The van der Waals surface area contributed by atoms with Gasteiger partial charge >= 0.3 is 6.09 Å². The van der Waals surface area contributed by atoms with Gasteiger partial charge in [0, 0.05) is 24.6 Å². The standard InChI is InChI=1S/C29H34N6O3S/c1-28(2,3)38-27(36)33-29(11-7-8-12-29)18-37-24-13-19(14-25(39-6)20(24)15-30)23-17-32-26-10-9-21(34(4)5)22(16-31)35(23)26/h9-10,13-14,17H,7-8,11-12,18H2,1-6H3,(H,33,36). The lowest BCUT2D eigenvalue weighted by molar-refractivity contribution is 0.0416. The number of benzene rings is 1. The number of anilines is 1. The molecular weight excluding hydrogens is 512 g/mol. The molecule has 1 aliphatic rings. The number of nitrogens with one attached hydrogen (secondary N) is 1. The molecule has 0 radical (unpaired) electrons. The highest BCUT2D eigenvalue weighted by atomic mass is 32.2. The molecule has 1 amide bonds. The van der Waals surface area contributed by atoms with Crippen LogP contribution in [0, 0.1) is 22.7 Å². The van der Waals surface area contributed by atoms with Crippen molar-refractivity contribution in [2.45, 2.75) is 62.5 Å². The average Bonchev–Trinajstić information content (AvgIpc) is 3.52. The molecule has 1 saturated carbocycles. The number of imidazole rings is 1. The third-order valence-corrected chi connectivity index (χ3v) is 7.52. The van der Waals surface area contributed by atoms with Crippen LogP contribution in [0.5, 0.6) is 5.75 Å². The minimum Gasteiger partial charge on any atom is -0.490 e. The van der Waals surface area contributed by atoms with Crippen molar-refractivity contribution in [3.05, 3.63) is 41.7 Å². The maximum Gasteiger partial charge on any atom is 0.408 e. The summed E-state index contributed by atoms with van der Waals surface area (Å²) < 4.78 is 13.7. The Labute approximate surface area is 233 Å². The molecule has 0 atom stereocenters. The lowest BCUT2D eigenvalue weighted by Gasteiger charge is -2.31. The van der Waals surface area contributed by atoms with Crippen LogP contribution >= 0.6 is 11.8 Å². The fraction of sp³-hybridized carbons (Fsp3) is 0.448. The number of hydrogen-bond acceptors (Lipinski definition) is 8. The van der Waals surface area contributed by atoms with E-state index in [2.05, 4.69) is 22.4 Å². The number of pyridine rings is 1. The van der Waals surface area contributed by atoms with Crippen LogP contribution in [-0.4, -0.2) is 53.6 Å². The smallest absolute Gasteiger partial charge is 0.408 e. The fourth-order valence-corrected chi connectivity index (χ4v) is 5.55. The Balaban J connectivity index is 1.74. The Morgan fingerprint density at radius 2 is 1.92 bits per heavy atom. The predicted octanol–water partition coefficient (Wildman–Crippen LogP) is 5.75. The lowest BCUT2D eigenvalue weighted by Crippen LogP contribution is -2.52. The lowest BCUT2D eigenvalue weighted by atomic mass is 9.99.